The molecular formula is C27H39ClN4O3. The van der Waals surface area contributed by atoms with Gasteiger partial charge in [0.25, 0.3) is 5.91 Å². The first kappa shape index (κ1) is 27.2. The summed E-state index contributed by atoms with van der Waals surface area (Å²) in [5.41, 5.74) is 3.72. The van der Waals surface area contributed by atoms with Crippen molar-refractivity contribution in [2.75, 3.05) is 19.6 Å². The number of nitrogens with one attached hydrogen (secondary N) is 1. The number of carbonyl (C=O) groups is 2. The van der Waals surface area contributed by atoms with Gasteiger partial charge in [-0.3, -0.25) is 14.3 Å². The SMILES string of the molecule is CCc1ccccc1-c1cc(C(=O)NC(CCN2CCCCC2)CC(=O)O)nn1C1CCCC1.Cl. The molecule has 2 aromatic rings. The van der Waals surface area contributed by atoms with E-state index in [1.54, 1.807) is 0 Å². The lowest BCUT2D eigenvalue weighted by atomic mass is 10.0. The van der Waals surface area contributed by atoms with Gasteiger partial charge in [-0.25, -0.2) is 0 Å². The number of likely N-dealkylation sites (tertiary alicyclic amines) is 1. The van der Waals surface area contributed by atoms with Crippen LogP contribution in [0.15, 0.2) is 30.3 Å². The molecule has 192 valence electrons. The maximum absolute atomic E-state index is 13.3. The molecular weight excluding hydrogens is 464 g/mol. The van der Waals surface area contributed by atoms with Gasteiger partial charge in [0.1, 0.15) is 0 Å². The molecule has 0 radical (unpaired) electrons. The number of hydrogen-bond acceptors (Lipinski definition) is 4. The molecule has 35 heavy (non-hydrogen) atoms. The molecule has 2 fully saturated rings. The second-order valence-electron chi connectivity index (χ2n) is 9.77. The van der Waals surface area contributed by atoms with Crippen LogP contribution in [0.5, 0.6) is 0 Å². The Morgan fingerprint density at radius 3 is 2.51 bits per heavy atom. The third-order valence-electron chi connectivity index (χ3n) is 7.31. The Hall–Kier alpha value is -2.38. The molecule has 0 bridgehead atoms. The topological polar surface area (TPSA) is 87.5 Å². The summed E-state index contributed by atoms with van der Waals surface area (Å²) >= 11 is 0. The fraction of sp³-hybridized carbons (Fsp3) is 0.593. The highest BCUT2D eigenvalue weighted by molar-refractivity contribution is 5.94. The average molecular weight is 503 g/mol. The Morgan fingerprint density at radius 2 is 1.83 bits per heavy atom. The van der Waals surface area contributed by atoms with Gasteiger partial charge in [-0.1, -0.05) is 50.5 Å². The summed E-state index contributed by atoms with van der Waals surface area (Å²) in [7, 11) is 0. The van der Waals surface area contributed by atoms with Crippen molar-refractivity contribution in [1.29, 1.82) is 0 Å². The summed E-state index contributed by atoms with van der Waals surface area (Å²) in [6, 6.07) is 10.1. The monoisotopic (exact) mass is 502 g/mol. The predicted octanol–water partition coefficient (Wildman–Crippen LogP) is 5.10. The maximum atomic E-state index is 13.3. The molecule has 8 heteroatoms. The normalized spacial score (nSPS) is 17.6. The molecule has 1 saturated carbocycles. The van der Waals surface area contributed by atoms with Crippen molar-refractivity contribution in [3.63, 3.8) is 0 Å². The lowest BCUT2D eigenvalue weighted by Crippen LogP contribution is -2.40. The van der Waals surface area contributed by atoms with E-state index < -0.39 is 12.0 Å². The molecule has 1 amide bonds. The number of amides is 1. The Bertz CT molecular complexity index is 981. The van der Waals surface area contributed by atoms with Crippen molar-refractivity contribution in [3.8, 4) is 11.3 Å². The molecule has 1 unspecified atom stereocenters. The van der Waals surface area contributed by atoms with Crippen LogP contribution in [0.25, 0.3) is 11.3 Å². The molecule has 4 rings (SSSR count). The van der Waals surface area contributed by atoms with Crippen molar-refractivity contribution < 1.29 is 14.7 Å². The van der Waals surface area contributed by atoms with Gasteiger partial charge >= 0.3 is 5.97 Å². The van der Waals surface area contributed by atoms with E-state index in [1.165, 1.54) is 37.7 Å². The maximum Gasteiger partial charge on any atom is 0.305 e. The summed E-state index contributed by atoms with van der Waals surface area (Å²) in [6.07, 6.45) is 9.61. The van der Waals surface area contributed by atoms with Crippen LogP contribution in [0.1, 0.15) is 86.8 Å². The number of rotatable bonds is 10. The highest BCUT2D eigenvalue weighted by atomic mass is 35.5. The van der Waals surface area contributed by atoms with Crippen molar-refractivity contribution >= 4 is 24.3 Å². The molecule has 2 aliphatic rings. The van der Waals surface area contributed by atoms with E-state index in [2.05, 4.69) is 34.0 Å². The van der Waals surface area contributed by atoms with Crippen molar-refractivity contribution in [1.82, 2.24) is 20.0 Å². The number of carbonyl (C=O) groups excluding carboxylic acids is 1. The van der Waals surface area contributed by atoms with E-state index in [0.29, 0.717) is 18.2 Å². The van der Waals surface area contributed by atoms with Crippen LogP contribution in [-0.2, 0) is 11.2 Å². The van der Waals surface area contributed by atoms with Crippen LogP contribution in [0.2, 0.25) is 0 Å². The third-order valence-corrected chi connectivity index (χ3v) is 7.31. The van der Waals surface area contributed by atoms with Gasteiger partial charge in [-0.15, -0.1) is 12.4 Å². The largest absolute Gasteiger partial charge is 0.481 e. The molecule has 1 aliphatic carbocycles. The number of carboxylic acid groups (broad SMARTS) is 1. The zero-order valence-corrected chi connectivity index (χ0v) is 21.6. The van der Waals surface area contributed by atoms with Crippen molar-refractivity contribution in [2.45, 2.75) is 83.2 Å². The van der Waals surface area contributed by atoms with Crippen LogP contribution in [0, 0.1) is 0 Å². The lowest BCUT2D eigenvalue weighted by Gasteiger charge is -2.28. The van der Waals surface area contributed by atoms with Crippen molar-refractivity contribution in [3.05, 3.63) is 41.6 Å². The molecule has 1 aromatic heterocycles. The number of hydrogen-bond donors (Lipinski definition) is 2. The first-order valence-electron chi connectivity index (χ1n) is 13.0. The smallest absolute Gasteiger partial charge is 0.305 e. The number of aromatic nitrogens is 2. The fourth-order valence-corrected chi connectivity index (χ4v) is 5.43. The number of halogens is 1. The fourth-order valence-electron chi connectivity index (χ4n) is 5.43. The highest BCUT2D eigenvalue weighted by Crippen LogP contribution is 2.35. The minimum atomic E-state index is -0.891. The lowest BCUT2D eigenvalue weighted by molar-refractivity contribution is -0.137. The van der Waals surface area contributed by atoms with Gasteiger partial charge in [0.05, 0.1) is 18.2 Å². The molecule has 2 heterocycles. The molecule has 0 spiro atoms. The molecule has 7 nitrogen and oxygen atoms in total. The number of nitrogens with zero attached hydrogens (tertiary/aromatic N) is 3. The van der Waals surface area contributed by atoms with E-state index in [0.717, 1.165) is 50.2 Å². The first-order valence-corrected chi connectivity index (χ1v) is 13.0. The summed E-state index contributed by atoms with van der Waals surface area (Å²) in [5, 5.41) is 17.2. The van der Waals surface area contributed by atoms with Gasteiger partial charge in [0, 0.05) is 18.2 Å². The second-order valence-corrected chi connectivity index (χ2v) is 9.77. The summed E-state index contributed by atoms with van der Waals surface area (Å²) < 4.78 is 2.05. The van der Waals surface area contributed by atoms with Crippen LogP contribution in [0.3, 0.4) is 0 Å². The van der Waals surface area contributed by atoms with E-state index in [-0.39, 0.29) is 24.7 Å². The highest BCUT2D eigenvalue weighted by Gasteiger charge is 2.26. The number of aryl methyl sites for hydroxylation is 1. The number of aliphatic carboxylic acids is 1. The Kier molecular flexibility index (Phi) is 10.2. The van der Waals surface area contributed by atoms with Crippen molar-refractivity contribution in [2.24, 2.45) is 0 Å². The summed E-state index contributed by atoms with van der Waals surface area (Å²) in [5.74, 6) is -1.17. The van der Waals surface area contributed by atoms with Gasteiger partial charge < -0.3 is 15.3 Å². The predicted molar refractivity (Wildman–Crippen MR) is 140 cm³/mol. The summed E-state index contributed by atoms with van der Waals surface area (Å²) in [4.78, 5) is 27.1. The Labute approximate surface area is 214 Å². The Morgan fingerprint density at radius 1 is 1.11 bits per heavy atom. The van der Waals surface area contributed by atoms with Crippen LogP contribution < -0.4 is 5.32 Å². The number of benzene rings is 1. The van der Waals surface area contributed by atoms with Crippen LogP contribution in [0.4, 0.5) is 0 Å². The zero-order valence-electron chi connectivity index (χ0n) is 20.7. The first-order chi connectivity index (χ1) is 16.5. The van der Waals surface area contributed by atoms with Crippen LogP contribution in [-0.4, -0.2) is 57.3 Å². The quantitative estimate of drug-likeness (QED) is 0.472. The summed E-state index contributed by atoms with van der Waals surface area (Å²) in [6.45, 7) is 5.06. The standard InChI is InChI=1S/C27H38N4O3.ClH/c1-2-20-10-4-7-13-23(20)25-19-24(29-31(25)22-11-5-6-12-22)27(34)28-21(18-26(32)33)14-17-30-15-8-3-9-16-30;/h4,7,10,13,19,21-22H,2-3,5-6,8-9,11-12,14-18H2,1H3,(H,28,34)(H,32,33);1H. The van der Waals surface area contributed by atoms with E-state index in [4.69, 9.17) is 5.10 Å². The number of carboxylic acids is 1. The van der Waals surface area contributed by atoms with E-state index >= 15 is 0 Å². The van der Waals surface area contributed by atoms with Gasteiger partial charge in [0.2, 0.25) is 0 Å². The van der Waals surface area contributed by atoms with Gasteiger partial charge in [-0.05, 0) is 63.2 Å². The second kappa shape index (κ2) is 13.1. The Balaban J connectivity index is 0.00000342. The molecule has 2 N–H and O–H groups in total. The zero-order chi connectivity index (χ0) is 23.9. The molecule has 1 atom stereocenters. The minimum Gasteiger partial charge on any atom is -0.481 e. The van der Waals surface area contributed by atoms with E-state index in [9.17, 15) is 14.7 Å². The average Bonchev–Trinajstić information content (AvgIpc) is 3.53. The molecule has 1 saturated heterocycles. The van der Waals surface area contributed by atoms with Gasteiger partial charge in [0.15, 0.2) is 5.69 Å². The third kappa shape index (κ3) is 7.07. The molecule has 1 aliphatic heterocycles. The minimum absolute atomic E-state index is 0. The van der Waals surface area contributed by atoms with E-state index in [1.807, 2.05) is 18.2 Å². The molecule has 1 aromatic carbocycles. The van der Waals surface area contributed by atoms with Crippen LogP contribution >= 0.6 is 12.4 Å². The number of piperidine rings is 1. The van der Waals surface area contributed by atoms with Gasteiger partial charge in [-0.2, -0.15) is 5.10 Å².